The van der Waals surface area contributed by atoms with Gasteiger partial charge in [-0.3, -0.25) is 4.79 Å². The first kappa shape index (κ1) is 17.2. The zero-order valence-corrected chi connectivity index (χ0v) is 14.7. The number of aryl methyl sites for hydroxylation is 1. The summed E-state index contributed by atoms with van der Waals surface area (Å²) in [6, 6.07) is 12.7. The summed E-state index contributed by atoms with van der Waals surface area (Å²) in [4.78, 5) is 17.0. The molecule has 1 heterocycles. The van der Waals surface area contributed by atoms with Gasteiger partial charge in [-0.15, -0.1) is 0 Å². The van der Waals surface area contributed by atoms with E-state index in [0.717, 1.165) is 32.6 Å². The van der Waals surface area contributed by atoms with E-state index in [0.29, 0.717) is 13.1 Å². The summed E-state index contributed by atoms with van der Waals surface area (Å²) in [7, 11) is 3.38. The number of benzene rings is 2. The predicted molar refractivity (Wildman–Crippen MR) is 95.8 cm³/mol. The Balaban J connectivity index is 1.74. The molecule has 2 aromatic carbocycles. The maximum Gasteiger partial charge on any atom is 0.219 e. The van der Waals surface area contributed by atoms with Gasteiger partial charge in [0.1, 0.15) is 13.1 Å². The molecule has 0 fully saturated rings. The number of fused-ring (bicyclic) bond motifs is 1. The van der Waals surface area contributed by atoms with E-state index >= 15 is 0 Å². The number of rotatable bonds is 6. The zero-order chi connectivity index (χ0) is 18.0. The molecule has 0 saturated carbocycles. The van der Waals surface area contributed by atoms with E-state index in [1.807, 2.05) is 44.3 Å². The number of aromatic amines is 1. The number of Topliss-reactive ketones (excluding diaryl/α,β-unsaturated/α-hetero) is 1. The van der Waals surface area contributed by atoms with Crippen molar-refractivity contribution in [3.8, 4) is 5.75 Å². The van der Waals surface area contributed by atoms with Crippen molar-refractivity contribution < 1.29 is 18.8 Å². The van der Waals surface area contributed by atoms with E-state index in [2.05, 4.69) is 4.98 Å². The molecular weight excluding hydrogens is 319 g/mol. The van der Waals surface area contributed by atoms with Gasteiger partial charge in [-0.1, -0.05) is 18.2 Å². The summed E-state index contributed by atoms with van der Waals surface area (Å²) >= 11 is 0. The standard InChI is InChI=1S/C20H21FN2O2/c1-13-20(15-6-4-5-7-17(15)22-13)18(24)12-23(2)11-14-8-9-19(25-3)16(21)10-14/h4-10,22H,11-12H2,1-3H3/p+1. The van der Waals surface area contributed by atoms with Crippen LogP contribution in [0.25, 0.3) is 10.9 Å². The summed E-state index contributed by atoms with van der Waals surface area (Å²) in [5, 5.41) is 0.952. The molecule has 1 atom stereocenters. The smallest absolute Gasteiger partial charge is 0.219 e. The number of carbonyl (C=O) groups excluding carboxylic acids is 1. The second-order valence-electron chi connectivity index (χ2n) is 6.37. The minimum atomic E-state index is -0.383. The number of para-hydroxylation sites is 1. The van der Waals surface area contributed by atoms with Crippen LogP contribution in [0.5, 0.6) is 5.75 Å². The molecule has 2 N–H and O–H groups in total. The Labute approximate surface area is 146 Å². The number of hydrogen-bond donors (Lipinski definition) is 2. The SMILES string of the molecule is COc1ccc(C[NH+](C)CC(=O)c2c(C)[nH]c3ccccc23)cc1F. The molecule has 1 unspecified atom stereocenters. The van der Waals surface area contributed by atoms with Gasteiger partial charge in [0.05, 0.1) is 19.7 Å². The first-order valence-corrected chi connectivity index (χ1v) is 8.24. The highest BCUT2D eigenvalue weighted by molar-refractivity contribution is 6.09. The van der Waals surface area contributed by atoms with Crippen LogP contribution in [0.2, 0.25) is 0 Å². The molecule has 0 radical (unpaired) electrons. The minimum Gasteiger partial charge on any atom is -0.494 e. The average Bonchev–Trinajstić information content (AvgIpc) is 2.90. The van der Waals surface area contributed by atoms with E-state index in [4.69, 9.17) is 4.74 Å². The molecule has 3 rings (SSSR count). The molecule has 0 spiro atoms. The summed E-state index contributed by atoms with van der Waals surface area (Å²) < 4.78 is 18.7. The van der Waals surface area contributed by atoms with Crippen molar-refractivity contribution in [2.24, 2.45) is 0 Å². The van der Waals surface area contributed by atoms with Crippen LogP contribution in [-0.2, 0) is 6.54 Å². The van der Waals surface area contributed by atoms with Crippen LogP contribution in [0, 0.1) is 12.7 Å². The number of nitrogens with one attached hydrogen (secondary N) is 2. The number of H-pyrrole nitrogens is 1. The third-order valence-corrected chi connectivity index (χ3v) is 4.36. The third-order valence-electron chi connectivity index (χ3n) is 4.36. The largest absolute Gasteiger partial charge is 0.494 e. The van der Waals surface area contributed by atoms with Gasteiger partial charge in [-0.2, -0.15) is 0 Å². The van der Waals surface area contributed by atoms with Crippen molar-refractivity contribution >= 4 is 16.7 Å². The van der Waals surface area contributed by atoms with Gasteiger partial charge < -0.3 is 14.6 Å². The number of halogens is 1. The number of aromatic nitrogens is 1. The summed E-state index contributed by atoms with van der Waals surface area (Å²) in [6.07, 6.45) is 0. The van der Waals surface area contributed by atoms with E-state index in [1.54, 1.807) is 6.07 Å². The molecule has 0 aliphatic heterocycles. The highest BCUT2D eigenvalue weighted by Crippen LogP contribution is 2.22. The maximum absolute atomic E-state index is 13.8. The lowest BCUT2D eigenvalue weighted by molar-refractivity contribution is -0.884. The molecule has 0 bridgehead atoms. The Morgan fingerprint density at radius 1 is 1.24 bits per heavy atom. The molecular formula is C20H22FN2O2+. The molecule has 4 nitrogen and oxygen atoms in total. The van der Waals surface area contributed by atoms with Crippen LogP contribution >= 0.6 is 0 Å². The molecule has 5 heteroatoms. The lowest BCUT2D eigenvalue weighted by Crippen LogP contribution is -3.08. The van der Waals surface area contributed by atoms with E-state index in [9.17, 15) is 9.18 Å². The van der Waals surface area contributed by atoms with Crippen LogP contribution in [0.3, 0.4) is 0 Å². The number of methoxy groups -OCH3 is 1. The average molecular weight is 341 g/mol. The summed E-state index contributed by atoms with van der Waals surface area (Å²) in [5.74, 6) is -0.0695. The Kier molecular flexibility index (Phi) is 4.86. The first-order valence-electron chi connectivity index (χ1n) is 8.24. The van der Waals surface area contributed by atoms with E-state index in [-0.39, 0.29) is 17.3 Å². The normalized spacial score (nSPS) is 12.3. The Bertz CT molecular complexity index is 917. The molecule has 0 saturated heterocycles. The Hall–Kier alpha value is -2.66. The molecule has 130 valence electrons. The van der Waals surface area contributed by atoms with Crippen LogP contribution < -0.4 is 9.64 Å². The van der Waals surface area contributed by atoms with Gasteiger partial charge in [-0.25, -0.2) is 4.39 Å². The van der Waals surface area contributed by atoms with Gasteiger partial charge in [-0.05, 0) is 31.2 Å². The highest BCUT2D eigenvalue weighted by Gasteiger charge is 2.19. The fraction of sp³-hybridized carbons (Fsp3) is 0.250. The topological polar surface area (TPSA) is 46.5 Å². The highest BCUT2D eigenvalue weighted by atomic mass is 19.1. The van der Waals surface area contributed by atoms with Crippen molar-refractivity contribution in [2.75, 3.05) is 20.7 Å². The van der Waals surface area contributed by atoms with Crippen LogP contribution in [-0.4, -0.2) is 31.5 Å². The lowest BCUT2D eigenvalue weighted by Gasteiger charge is -2.14. The molecule has 25 heavy (non-hydrogen) atoms. The van der Waals surface area contributed by atoms with Crippen molar-refractivity contribution in [1.29, 1.82) is 0 Å². The molecule has 3 aromatic rings. The number of ether oxygens (including phenoxy) is 1. The maximum atomic E-state index is 13.8. The number of hydrogen-bond acceptors (Lipinski definition) is 2. The van der Waals surface area contributed by atoms with Crippen LogP contribution in [0.4, 0.5) is 4.39 Å². The van der Waals surface area contributed by atoms with Crippen LogP contribution in [0.1, 0.15) is 21.6 Å². The number of carbonyl (C=O) groups is 1. The summed E-state index contributed by atoms with van der Waals surface area (Å²) in [6.45, 7) is 2.83. The van der Waals surface area contributed by atoms with Crippen molar-refractivity contribution in [1.82, 2.24) is 4.98 Å². The second kappa shape index (κ2) is 7.07. The molecule has 1 aromatic heterocycles. The minimum absolute atomic E-state index is 0.0847. The first-order chi connectivity index (χ1) is 12.0. The molecule has 0 aliphatic carbocycles. The van der Waals surface area contributed by atoms with E-state index in [1.165, 1.54) is 13.2 Å². The van der Waals surface area contributed by atoms with Gasteiger partial charge in [0, 0.05) is 22.2 Å². The Morgan fingerprint density at radius 3 is 2.72 bits per heavy atom. The van der Waals surface area contributed by atoms with Gasteiger partial charge in [0.25, 0.3) is 0 Å². The van der Waals surface area contributed by atoms with Gasteiger partial charge >= 0.3 is 0 Å². The summed E-state index contributed by atoms with van der Waals surface area (Å²) in [5.41, 5.74) is 3.43. The van der Waals surface area contributed by atoms with Crippen LogP contribution in [0.15, 0.2) is 42.5 Å². The van der Waals surface area contributed by atoms with Gasteiger partial charge in [0.15, 0.2) is 11.6 Å². The van der Waals surface area contributed by atoms with E-state index < -0.39 is 0 Å². The zero-order valence-electron chi connectivity index (χ0n) is 14.7. The fourth-order valence-corrected chi connectivity index (χ4v) is 3.23. The third kappa shape index (κ3) is 3.56. The molecule has 0 amide bonds. The fourth-order valence-electron chi connectivity index (χ4n) is 3.23. The Morgan fingerprint density at radius 2 is 2.00 bits per heavy atom. The van der Waals surface area contributed by atoms with Crippen molar-refractivity contribution in [3.05, 3.63) is 65.1 Å². The van der Waals surface area contributed by atoms with Crippen molar-refractivity contribution in [3.63, 3.8) is 0 Å². The predicted octanol–water partition coefficient (Wildman–Crippen LogP) is 2.52. The lowest BCUT2D eigenvalue weighted by atomic mass is 10.1. The van der Waals surface area contributed by atoms with Crippen molar-refractivity contribution in [2.45, 2.75) is 13.5 Å². The quantitative estimate of drug-likeness (QED) is 0.677. The van der Waals surface area contributed by atoms with Gasteiger partial charge in [0.2, 0.25) is 5.78 Å². The number of quaternary nitrogens is 1. The number of likely N-dealkylation sites (N-methyl/N-ethyl adjacent to an activating group) is 1. The number of ketones is 1. The second-order valence-corrected chi connectivity index (χ2v) is 6.37. The monoisotopic (exact) mass is 341 g/mol. The molecule has 0 aliphatic rings.